The summed E-state index contributed by atoms with van der Waals surface area (Å²) in [5.74, 6) is 0.405. The van der Waals surface area contributed by atoms with Crippen LogP contribution in [0.1, 0.15) is 26.7 Å². The molecule has 1 fully saturated rings. The van der Waals surface area contributed by atoms with Gasteiger partial charge < -0.3 is 14.6 Å². The van der Waals surface area contributed by atoms with E-state index in [1.807, 2.05) is 38.2 Å². The van der Waals surface area contributed by atoms with Gasteiger partial charge in [-0.25, -0.2) is 4.98 Å². The molecule has 1 saturated heterocycles. The molecule has 0 saturated carbocycles. The number of imidazole rings is 1. The number of nitrogens with zero attached hydrogens (tertiary/aromatic N) is 2. The third-order valence-corrected chi connectivity index (χ3v) is 5.07. The average molecular weight is 359 g/mol. The number of hydrogen-bond acceptors (Lipinski definition) is 4. The van der Waals surface area contributed by atoms with Crippen molar-refractivity contribution in [1.29, 1.82) is 0 Å². The maximum Gasteiger partial charge on any atom is 0.230 e. The fourth-order valence-corrected chi connectivity index (χ4v) is 3.77. The molecule has 1 atom stereocenters. The molecule has 2 heterocycles. The van der Waals surface area contributed by atoms with E-state index in [1.165, 1.54) is 11.8 Å². The molecule has 25 heavy (non-hydrogen) atoms. The summed E-state index contributed by atoms with van der Waals surface area (Å²) in [7, 11) is 0. The average Bonchev–Trinajstić information content (AvgIpc) is 3.24. The molecule has 0 bridgehead atoms. The lowest BCUT2D eigenvalue weighted by atomic mass is 10.1. The molecule has 1 aliphatic heterocycles. The summed E-state index contributed by atoms with van der Waals surface area (Å²) in [5.41, 5.74) is 2.20. The van der Waals surface area contributed by atoms with Gasteiger partial charge in [0.15, 0.2) is 5.16 Å². The first-order chi connectivity index (χ1) is 12.1. The van der Waals surface area contributed by atoms with Crippen LogP contribution in [-0.2, 0) is 16.1 Å². The third kappa shape index (κ3) is 4.86. The van der Waals surface area contributed by atoms with Gasteiger partial charge in [0.05, 0.1) is 30.3 Å². The van der Waals surface area contributed by atoms with E-state index in [0.29, 0.717) is 5.75 Å². The second-order valence-corrected chi connectivity index (χ2v) is 7.49. The topological polar surface area (TPSA) is 56.2 Å². The van der Waals surface area contributed by atoms with E-state index in [1.54, 1.807) is 0 Å². The number of ether oxygens (including phenoxy) is 1. The van der Waals surface area contributed by atoms with Gasteiger partial charge in [0, 0.05) is 12.6 Å². The fraction of sp³-hybridized carbons (Fsp3) is 0.474. The quantitative estimate of drug-likeness (QED) is 0.770. The van der Waals surface area contributed by atoms with Gasteiger partial charge in [-0.1, -0.05) is 42.1 Å². The molecular formula is C19H25N3O2S. The van der Waals surface area contributed by atoms with E-state index >= 15 is 0 Å². The van der Waals surface area contributed by atoms with Crippen LogP contribution in [-0.4, -0.2) is 40.0 Å². The summed E-state index contributed by atoms with van der Waals surface area (Å²) in [6, 6.07) is 10.4. The molecule has 3 rings (SSSR count). The first-order valence-corrected chi connectivity index (χ1v) is 9.76. The van der Waals surface area contributed by atoms with Crippen LogP contribution < -0.4 is 5.32 Å². The minimum Gasteiger partial charge on any atom is -0.376 e. The molecule has 6 heteroatoms. The highest BCUT2D eigenvalue weighted by Crippen LogP contribution is 2.28. The van der Waals surface area contributed by atoms with Crippen molar-refractivity contribution < 1.29 is 9.53 Å². The van der Waals surface area contributed by atoms with E-state index in [-0.39, 0.29) is 18.1 Å². The number of amides is 1. The van der Waals surface area contributed by atoms with Crippen molar-refractivity contribution in [2.24, 2.45) is 0 Å². The monoisotopic (exact) mass is 359 g/mol. The Morgan fingerprint density at radius 2 is 2.20 bits per heavy atom. The minimum absolute atomic E-state index is 0.0351. The Kier molecular flexibility index (Phi) is 6.15. The van der Waals surface area contributed by atoms with Crippen molar-refractivity contribution in [2.45, 2.75) is 50.5 Å². The van der Waals surface area contributed by atoms with Crippen LogP contribution in [0.15, 0.2) is 41.7 Å². The Morgan fingerprint density at radius 1 is 1.40 bits per heavy atom. The van der Waals surface area contributed by atoms with Crippen molar-refractivity contribution in [3.05, 3.63) is 36.5 Å². The van der Waals surface area contributed by atoms with Crippen LogP contribution in [0.5, 0.6) is 0 Å². The Hall–Kier alpha value is -1.79. The predicted molar refractivity (Wildman–Crippen MR) is 101 cm³/mol. The zero-order valence-electron chi connectivity index (χ0n) is 14.8. The molecule has 2 aromatic rings. The highest BCUT2D eigenvalue weighted by Gasteiger charge is 2.21. The van der Waals surface area contributed by atoms with Crippen LogP contribution in [0.2, 0.25) is 0 Å². The molecule has 0 spiro atoms. The van der Waals surface area contributed by atoms with Crippen LogP contribution in [0.25, 0.3) is 11.3 Å². The molecule has 0 radical (unpaired) electrons. The van der Waals surface area contributed by atoms with E-state index in [9.17, 15) is 4.79 Å². The number of benzene rings is 1. The van der Waals surface area contributed by atoms with Gasteiger partial charge >= 0.3 is 0 Å². The summed E-state index contributed by atoms with van der Waals surface area (Å²) in [6.07, 6.45) is 4.30. The van der Waals surface area contributed by atoms with Crippen molar-refractivity contribution >= 4 is 17.7 Å². The summed E-state index contributed by atoms with van der Waals surface area (Å²) >= 11 is 1.48. The van der Waals surface area contributed by atoms with Gasteiger partial charge in [0.2, 0.25) is 5.91 Å². The largest absolute Gasteiger partial charge is 0.376 e. The zero-order chi connectivity index (χ0) is 17.6. The lowest BCUT2D eigenvalue weighted by Gasteiger charge is -2.16. The molecule has 1 aliphatic rings. The number of thioether (sulfide) groups is 1. The third-order valence-electron chi connectivity index (χ3n) is 4.08. The maximum absolute atomic E-state index is 12.0. The van der Waals surface area contributed by atoms with Gasteiger partial charge in [0.25, 0.3) is 0 Å². The molecule has 1 amide bonds. The number of carbonyl (C=O) groups excluding carboxylic acids is 1. The first kappa shape index (κ1) is 18.0. The summed E-state index contributed by atoms with van der Waals surface area (Å²) < 4.78 is 8.01. The summed E-state index contributed by atoms with van der Waals surface area (Å²) in [4.78, 5) is 16.5. The Morgan fingerprint density at radius 3 is 2.88 bits per heavy atom. The van der Waals surface area contributed by atoms with Crippen molar-refractivity contribution in [3.8, 4) is 11.3 Å². The molecule has 5 nitrogen and oxygen atoms in total. The van der Waals surface area contributed by atoms with Crippen LogP contribution >= 0.6 is 11.8 Å². The number of hydrogen-bond donors (Lipinski definition) is 1. The highest BCUT2D eigenvalue weighted by atomic mass is 32.2. The van der Waals surface area contributed by atoms with E-state index in [0.717, 1.165) is 42.4 Å². The predicted octanol–water partition coefficient (Wildman–Crippen LogP) is 3.35. The van der Waals surface area contributed by atoms with Crippen molar-refractivity contribution in [2.75, 3.05) is 12.4 Å². The zero-order valence-corrected chi connectivity index (χ0v) is 15.6. The molecular weight excluding hydrogens is 334 g/mol. The summed E-state index contributed by atoms with van der Waals surface area (Å²) in [5, 5.41) is 3.79. The number of carbonyl (C=O) groups is 1. The Labute approximate surface area is 153 Å². The minimum atomic E-state index is 0.0351. The Balaban J connectivity index is 1.79. The number of nitrogens with one attached hydrogen (secondary N) is 1. The second kappa shape index (κ2) is 8.54. The molecule has 0 aliphatic carbocycles. The van der Waals surface area contributed by atoms with Crippen LogP contribution in [0, 0.1) is 0 Å². The van der Waals surface area contributed by atoms with Gasteiger partial charge in [-0.2, -0.15) is 0 Å². The molecule has 1 aromatic carbocycles. The van der Waals surface area contributed by atoms with Gasteiger partial charge in [-0.05, 0) is 32.3 Å². The standard InChI is InChI=1S/C19H25N3O2S/c1-14(2)21-18(23)13-25-19-20-11-17(15-7-4-3-5-8-15)22(19)12-16-9-6-10-24-16/h3-5,7-8,11,14,16H,6,9-10,12-13H2,1-2H3,(H,21,23). The molecule has 1 aromatic heterocycles. The van der Waals surface area contributed by atoms with E-state index in [2.05, 4.69) is 27.0 Å². The smallest absolute Gasteiger partial charge is 0.230 e. The molecule has 1 unspecified atom stereocenters. The van der Waals surface area contributed by atoms with E-state index < -0.39 is 0 Å². The normalized spacial score (nSPS) is 17.2. The van der Waals surface area contributed by atoms with Crippen molar-refractivity contribution in [3.63, 3.8) is 0 Å². The first-order valence-electron chi connectivity index (χ1n) is 8.78. The number of rotatable bonds is 7. The molecule has 134 valence electrons. The SMILES string of the molecule is CC(C)NC(=O)CSc1ncc(-c2ccccc2)n1CC1CCCO1. The number of aromatic nitrogens is 2. The second-order valence-electron chi connectivity index (χ2n) is 6.55. The lowest BCUT2D eigenvalue weighted by Crippen LogP contribution is -2.31. The Bertz CT molecular complexity index is 694. The van der Waals surface area contributed by atoms with E-state index in [4.69, 9.17) is 4.74 Å². The maximum atomic E-state index is 12.0. The van der Waals surface area contributed by atoms with Crippen LogP contribution in [0.4, 0.5) is 0 Å². The summed E-state index contributed by atoms with van der Waals surface area (Å²) in [6.45, 7) is 5.54. The van der Waals surface area contributed by atoms with Gasteiger partial charge in [-0.15, -0.1) is 0 Å². The fourth-order valence-electron chi connectivity index (χ4n) is 2.98. The lowest BCUT2D eigenvalue weighted by molar-refractivity contribution is -0.119. The van der Waals surface area contributed by atoms with Crippen molar-refractivity contribution in [1.82, 2.24) is 14.9 Å². The van der Waals surface area contributed by atoms with Gasteiger partial charge in [0.1, 0.15) is 0 Å². The van der Waals surface area contributed by atoms with Gasteiger partial charge in [-0.3, -0.25) is 4.79 Å². The molecule has 1 N–H and O–H groups in total. The highest BCUT2D eigenvalue weighted by molar-refractivity contribution is 7.99. The van der Waals surface area contributed by atoms with Crippen LogP contribution in [0.3, 0.4) is 0 Å².